The maximum absolute atomic E-state index is 10.9. The fourth-order valence-corrected chi connectivity index (χ4v) is 1.45. The van der Waals surface area contributed by atoms with Gasteiger partial charge >= 0.3 is 5.97 Å². The number of hydrogen-bond donors (Lipinski definition) is 1. The van der Waals surface area contributed by atoms with E-state index in [1.807, 2.05) is 13.0 Å². The van der Waals surface area contributed by atoms with E-state index in [0.717, 1.165) is 5.69 Å². The van der Waals surface area contributed by atoms with Crippen LogP contribution in [0.1, 0.15) is 21.7 Å². The highest BCUT2D eigenvalue weighted by molar-refractivity contribution is 5.86. The number of aromatic nitrogens is 2. The van der Waals surface area contributed by atoms with E-state index < -0.39 is 5.97 Å². The van der Waals surface area contributed by atoms with Gasteiger partial charge in [0.25, 0.3) is 0 Å². The summed E-state index contributed by atoms with van der Waals surface area (Å²) >= 11 is 0. The van der Waals surface area contributed by atoms with E-state index in [9.17, 15) is 4.79 Å². The first kappa shape index (κ1) is 12.0. The second kappa shape index (κ2) is 5.27. The van der Waals surface area contributed by atoms with Crippen LogP contribution in [0, 0.1) is 6.92 Å². The van der Waals surface area contributed by atoms with Crippen molar-refractivity contribution in [1.29, 1.82) is 0 Å². The van der Waals surface area contributed by atoms with Crippen molar-refractivity contribution >= 4 is 5.97 Å². The van der Waals surface area contributed by atoms with Crippen LogP contribution in [-0.2, 0) is 6.61 Å². The molecule has 0 atom stereocenters. The predicted molar refractivity (Wildman–Crippen MR) is 64.5 cm³/mol. The van der Waals surface area contributed by atoms with Crippen LogP contribution in [-0.4, -0.2) is 21.0 Å². The Balaban J connectivity index is 2.10. The summed E-state index contributed by atoms with van der Waals surface area (Å²) in [6, 6.07) is 6.98. The molecule has 0 saturated carbocycles. The van der Waals surface area contributed by atoms with Gasteiger partial charge in [0.05, 0.1) is 6.20 Å². The molecule has 0 fully saturated rings. The van der Waals surface area contributed by atoms with Gasteiger partial charge in [-0.05, 0) is 25.1 Å². The number of aromatic carboxylic acids is 1. The van der Waals surface area contributed by atoms with Crippen LogP contribution in [0.5, 0.6) is 5.75 Å². The summed E-state index contributed by atoms with van der Waals surface area (Å²) in [7, 11) is 0. The van der Waals surface area contributed by atoms with E-state index in [1.54, 1.807) is 24.4 Å². The van der Waals surface area contributed by atoms with Gasteiger partial charge in [0.15, 0.2) is 5.69 Å². The number of carbonyl (C=O) groups is 1. The molecule has 18 heavy (non-hydrogen) atoms. The lowest BCUT2D eigenvalue weighted by Crippen LogP contribution is -2.07. The second-order valence-corrected chi connectivity index (χ2v) is 3.74. The normalized spacial score (nSPS) is 10.1. The first-order valence-electron chi connectivity index (χ1n) is 5.39. The van der Waals surface area contributed by atoms with Crippen molar-refractivity contribution in [3.63, 3.8) is 0 Å². The highest BCUT2D eigenvalue weighted by Crippen LogP contribution is 2.13. The molecule has 2 aromatic heterocycles. The molecule has 5 heteroatoms. The molecule has 0 radical (unpaired) electrons. The molecular formula is C13H12N2O3. The van der Waals surface area contributed by atoms with E-state index in [1.165, 1.54) is 6.20 Å². The highest BCUT2D eigenvalue weighted by Gasteiger charge is 2.11. The van der Waals surface area contributed by atoms with Crippen LogP contribution in [0.2, 0.25) is 0 Å². The van der Waals surface area contributed by atoms with Gasteiger partial charge in [-0.15, -0.1) is 0 Å². The maximum atomic E-state index is 10.9. The van der Waals surface area contributed by atoms with Crippen LogP contribution in [0.25, 0.3) is 0 Å². The van der Waals surface area contributed by atoms with Crippen molar-refractivity contribution in [2.45, 2.75) is 13.5 Å². The molecule has 0 spiro atoms. The van der Waals surface area contributed by atoms with Crippen LogP contribution < -0.4 is 4.74 Å². The van der Waals surface area contributed by atoms with Gasteiger partial charge in [-0.3, -0.25) is 4.98 Å². The predicted octanol–water partition coefficient (Wildman–Crippen LogP) is 2.06. The van der Waals surface area contributed by atoms with Crippen LogP contribution in [0.4, 0.5) is 0 Å². The van der Waals surface area contributed by atoms with Crippen LogP contribution in [0.15, 0.2) is 36.7 Å². The number of carboxylic acid groups (broad SMARTS) is 1. The second-order valence-electron chi connectivity index (χ2n) is 3.74. The van der Waals surface area contributed by atoms with Crippen molar-refractivity contribution in [2.24, 2.45) is 0 Å². The lowest BCUT2D eigenvalue weighted by Gasteiger charge is -2.07. The molecule has 0 aromatic carbocycles. The summed E-state index contributed by atoms with van der Waals surface area (Å²) in [4.78, 5) is 18.8. The first-order valence-corrected chi connectivity index (χ1v) is 5.39. The third kappa shape index (κ3) is 2.82. The summed E-state index contributed by atoms with van der Waals surface area (Å²) in [5.74, 6) is -0.461. The smallest absolute Gasteiger partial charge is 0.354 e. The third-order valence-corrected chi connectivity index (χ3v) is 2.37. The van der Waals surface area contributed by atoms with Gasteiger partial charge in [-0.25, -0.2) is 9.78 Å². The standard InChI is InChI=1S/C13H12N2O3/c1-9-4-5-11(7-15-9)18-8-10-3-2-6-14-12(10)13(16)17/h2-7H,8H2,1H3,(H,16,17). The van der Waals surface area contributed by atoms with Crippen LogP contribution in [0.3, 0.4) is 0 Å². The SMILES string of the molecule is Cc1ccc(OCc2cccnc2C(=O)O)cn1. The Labute approximate surface area is 104 Å². The molecule has 2 rings (SSSR count). The fraction of sp³-hybridized carbons (Fsp3) is 0.154. The molecule has 92 valence electrons. The summed E-state index contributed by atoms with van der Waals surface area (Å²) < 4.78 is 5.47. The molecule has 2 heterocycles. The van der Waals surface area contributed by atoms with Gasteiger partial charge in [0, 0.05) is 17.5 Å². The van der Waals surface area contributed by atoms with Crippen molar-refractivity contribution in [3.8, 4) is 5.75 Å². The Morgan fingerprint density at radius 3 is 2.83 bits per heavy atom. The molecule has 0 unspecified atom stereocenters. The van der Waals surface area contributed by atoms with E-state index in [4.69, 9.17) is 9.84 Å². The van der Waals surface area contributed by atoms with E-state index in [2.05, 4.69) is 9.97 Å². The molecule has 0 aliphatic carbocycles. The van der Waals surface area contributed by atoms with Gasteiger partial charge < -0.3 is 9.84 Å². The maximum Gasteiger partial charge on any atom is 0.354 e. The van der Waals surface area contributed by atoms with Gasteiger partial charge in [-0.1, -0.05) is 6.07 Å². The zero-order valence-electron chi connectivity index (χ0n) is 9.83. The fourth-order valence-electron chi connectivity index (χ4n) is 1.45. The number of rotatable bonds is 4. The number of aryl methyl sites for hydroxylation is 1. The minimum absolute atomic E-state index is 0.0116. The van der Waals surface area contributed by atoms with E-state index in [-0.39, 0.29) is 12.3 Å². The number of nitrogens with zero attached hydrogens (tertiary/aromatic N) is 2. The van der Waals surface area contributed by atoms with Crippen molar-refractivity contribution in [1.82, 2.24) is 9.97 Å². The number of ether oxygens (including phenoxy) is 1. The average molecular weight is 244 g/mol. The number of hydrogen-bond acceptors (Lipinski definition) is 4. The molecule has 0 aliphatic heterocycles. The molecule has 0 bridgehead atoms. The van der Waals surface area contributed by atoms with Crippen molar-refractivity contribution < 1.29 is 14.6 Å². The molecule has 0 amide bonds. The molecule has 0 saturated heterocycles. The topological polar surface area (TPSA) is 72.3 Å². The Hall–Kier alpha value is -2.43. The van der Waals surface area contributed by atoms with E-state index in [0.29, 0.717) is 11.3 Å². The summed E-state index contributed by atoms with van der Waals surface area (Å²) in [6.45, 7) is 2.04. The summed E-state index contributed by atoms with van der Waals surface area (Å²) in [5, 5.41) is 8.97. The quantitative estimate of drug-likeness (QED) is 0.891. The average Bonchev–Trinajstić information content (AvgIpc) is 2.38. The van der Waals surface area contributed by atoms with Crippen molar-refractivity contribution in [2.75, 3.05) is 0 Å². The lowest BCUT2D eigenvalue weighted by atomic mass is 10.2. The molecular weight excluding hydrogens is 232 g/mol. The van der Waals surface area contributed by atoms with Crippen molar-refractivity contribution in [3.05, 3.63) is 53.6 Å². The minimum Gasteiger partial charge on any atom is -0.487 e. The van der Waals surface area contributed by atoms with Gasteiger partial charge in [0.1, 0.15) is 12.4 Å². The Bertz CT molecular complexity index is 552. The zero-order valence-corrected chi connectivity index (χ0v) is 9.83. The van der Waals surface area contributed by atoms with Gasteiger partial charge in [0.2, 0.25) is 0 Å². The Kier molecular flexibility index (Phi) is 3.52. The summed E-state index contributed by atoms with van der Waals surface area (Å²) in [5.41, 5.74) is 1.44. The Morgan fingerprint density at radius 1 is 1.33 bits per heavy atom. The third-order valence-electron chi connectivity index (χ3n) is 2.37. The zero-order chi connectivity index (χ0) is 13.0. The number of carboxylic acids is 1. The summed E-state index contributed by atoms with van der Waals surface area (Å²) in [6.07, 6.45) is 3.05. The van der Waals surface area contributed by atoms with E-state index >= 15 is 0 Å². The van der Waals surface area contributed by atoms with Crippen LogP contribution >= 0.6 is 0 Å². The molecule has 2 aromatic rings. The molecule has 1 N–H and O–H groups in total. The highest BCUT2D eigenvalue weighted by atomic mass is 16.5. The molecule has 0 aliphatic rings. The molecule has 5 nitrogen and oxygen atoms in total. The monoisotopic (exact) mass is 244 g/mol. The Morgan fingerprint density at radius 2 is 2.17 bits per heavy atom. The number of pyridine rings is 2. The first-order chi connectivity index (χ1) is 8.66. The lowest BCUT2D eigenvalue weighted by molar-refractivity contribution is 0.0687. The minimum atomic E-state index is -1.06. The van der Waals surface area contributed by atoms with Gasteiger partial charge in [-0.2, -0.15) is 0 Å². The largest absolute Gasteiger partial charge is 0.487 e.